The predicted octanol–water partition coefficient (Wildman–Crippen LogP) is 8.07. The fraction of sp³-hybridized carbons (Fsp3) is 0.364. The fourth-order valence-electron chi connectivity index (χ4n) is 10.1. The normalized spacial score (nSPS) is 11.4. The molecule has 6 N–H and O–H groups in total. The minimum atomic E-state index is -1.11. The molecule has 26 heteroatoms. The number of rotatable bonds is 34. The van der Waals surface area contributed by atoms with Gasteiger partial charge in [0.2, 0.25) is 23.6 Å². The zero-order valence-corrected chi connectivity index (χ0v) is 67.2. The van der Waals surface area contributed by atoms with Gasteiger partial charge in [-0.2, -0.15) is 0 Å². The monoisotopic (exact) mass is 1560 g/mol. The standard InChI is InChI=1S/C25H30N2O4.C25H28N2O4.C19H26N2O5.C19H24N2O5/c2*1-27(2)23(28)16-9-5-8-11-19-14-10-15-21(17-19)24(29)26-22(25(30)31-3)18-20-12-6-4-7-13-20;2*1-21(2)17(23)11-6-4-5-8-14-9-7-10-15(12-14)18(24)20-16(13-22)19(25)26-3/h4,6-8,10-15,17,22H,5,9,16,18H2,1-3H3,(H,26,29);4,6-7,10,12-15,17,22H,5,9,16,18H2,1-3H3,(H,26,29);5,7-10,12,16,22H,4,6,11,13H2,1-3H3,(H,20,24);7,9-10,12,16,22H,4,6,11,13H2,1-3H3,(H,20,24)/b11-8-;;8-5-;/t2*22-;2*16-/m0011/s1. The van der Waals surface area contributed by atoms with Gasteiger partial charge >= 0.3 is 23.9 Å². The Morgan fingerprint density at radius 1 is 0.360 bits per heavy atom. The van der Waals surface area contributed by atoms with E-state index >= 15 is 0 Å². The number of hydrogen-bond donors (Lipinski definition) is 6. The number of allylic oxidation sites excluding steroid dienone is 2. The number of aliphatic hydroxyl groups excluding tert-OH is 2. The van der Waals surface area contributed by atoms with Crippen molar-refractivity contribution in [2.45, 2.75) is 114 Å². The lowest BCUT2D eigenvalue weighted by molar-refractivity contribution is -0.144. The van der Waals surface area contributed by atoms with E-state index in [1.807, 2.05) is 103 Å². The van der Waals surface area contributed by atoms with E-state index in [0.717, 1.165) is 47.9 Å². The van der Waals surface area contributed by atoms with Gasteiger partial charge in [0.05, 0.1) is 41.7 Å². The maximum Gasteiger partial charge on any atom is 0.330 e. The first-order valence-electron chi connectivity index (χ1n) is 36.9. The minimum Gasteiger partial charge on any atom is -0.467 e. The first-order valence-corrected chi connectivity index (χ1v) is 36.9. The van der Waals surface area contributed by atoms with Gasteiger partial charge in [-0.05, 0) is 121 Å². The third-order valence-corrected chi connectivity index (χ3v) is 16.6. The van der Waals surface area contributed by atoms with E-state index in [9.17, 15) is 57.5 Å². The van der Waals surface area contributed by atoms with Crippen molar-refractivity contribution in [2.75, 3.05) is 98.0 Å². The Labute approximate surface area is 669 Å². The number of carbonyl (C=O) groups excluding carboxylic acids is 12. The molecule has 6 rings (SSSR count). The number of nitrogens with zero attached hydrogens (tertiary/aromatic N) is 4. The summed E-state index contributed by atoms with van der Waals surface area (Å²) in [6, 6.07) is 42.8. The van der Waals surface area contributed by atoms with E-state index in [0.29, 0.717) is 97.6 Å². The van der Waals surface area contributed by atoms with Gasteiger partial charge in [0.25, 0.3) is 23.6 Å². The average molecular weight is 1570 g/mol. The highest BCUT2D eigenvalue weighted by Crippen LogP contribution is 2.15. The molecule has 114 heavy (non-hydrogen) atoms. The van der Waals surface area contributed by atoms with Crippen LogP contribution in [0.2, 0.25) is 0 Å². The highest BCUT2D eigenvalue weighted by molar-refractivity contribution is 5.99. The molecule has 26 nitrogen and oxygen atoms in total. The first kappa shape index (κ1) is 95.7. The molecule has 0 unspecified atom stereocenters. The summed E-state index contributed by atoms with van der Waals surface area (Å²) in [6.45, 7) is -1.09. The summed E-state index contributed by atoms with van der Waals surface area (Å²) >= 11 is 0. The second-order valence-electron chi connectivity index (χ2n) is 26.4. The number of amides is 8. The van der Waals surface area contributed by atoms with E-state index in [4.69, 9.17) is 19.7 Å². The van der Waals surface area contributed by atoms with Crippen molar-refractivity contribution in [1.29, 1.82) is 0 Å². The molecule has 0 bridgehead atoms. The Morgan fingerprint density at radius 3 is 0.939 bits per heavy atom. The van der Waals surface area contributed by atoms with Crippen LogP contribution < -0.4 is 21.3 Å². The van der Waals surface area contributed by atoms with Gasteiger partial charge in [0, 0.05) is 141 Å². The quantitative estimate of drug-likeness (QED) is 0.00962. The van der Waals surface area contributed by atoms with Crippen molar-refractivity contribution in [2.24, 2.45) is 0 Å². The molecule has 0 aliphatic rings. The number of aliphatic hydroxyl groups is 2. The minimum absolute atomic E-state index is 0.0644. The number of methoxy groups -OCH3 is 4. The lowest BCUT2D eigenvalue weighted by atomic mass is 10.0. The van der Waals surface area contributed by atoms with Crippen LogP contribution in [0.1, 0.15) is 152 Å². The summed E-state index contributed by atoms with van der Waals surface area (Å²) in [5, 5.41) is 28.7. The van der Waals surface area contributed by atoms with Crippen LogP contribution in [0.25, 0.3) is 12.2 Å². The van der Waals surface area contributed by atoms with Crippen molar-refractivity contribution in [3.63, 3.8) is 0 Å². The average Bonchev–Trinajstić information content (AvgIpc) is 0.871. The fourth-order valence-corrected chi connectivity index (χ4v) is 10.1. The van der Waals surface area contributed by atoms with Crippen molar-refractivity contribution < 1.29 is 86.7 Å². The van der Waals surface area contributed by atoms with Gasteiger partial charge in [-0.1, -0.05) is 145 Å². The smallest absolute Gasteiger partial charge is 0.330 e. The van der Waals surface area contributed by atoms with E-state index in [1.54, 1.807) is 155 Å². The summed E-state index contributed by atoms with van der Waals surface area (Å²) in [4.78, 5) is 149. The molecule has 0 spiro atoms. The second-order valence-corrected chi connectivity index (χ2v) is 26.4. The molecule has 0 radical (unpaired) electrons. The van der Waals surface area contributed by atoms with Crippen molar-refractivity contribution in [1.82, 2.24) is 40.9 Å². The molecule has 0 saturated carbocycles. The van der Waals surface area contributed by atoms with Crippen LogP contribution >= 0.6 is 0 Å². The molecule has 0 fully saturated rings. The zero-order chi connectivity index (χ0) is 84.3. The van der Waals surface area contributed by atoms with E-state index in [-0.39, 0.29) is 35.4 Å². The van der Waals surface area contributed by atoms with Crippen molar-refractivity contribution >= 4 is 83.3 Å². The summed E-state index contributed by atoms with van der Waals surface area (Å²) in [5.41, 5.74) is 6.48. The van der Waals surface area contributed by atoms with Crippen LogP contribution in [0.15, 0.2) is 170 Å². The van der Waals surface area contributed by atoms with Crippen LogP contribution in [0, 0.1) is 23.7 Å². The number of benzene rings is 6. The van der Waals surface area contributed by atoms with Gasteiger partial charge in [0.15, 0.2) is 12.1 Å². The largest absolute Gasteiger partial charge is 0.467 e. The maximum absolute atomic E-state index is 12.7. The highest BCUT2D eigenvalue weighted by atomic mass is 16.5. The molecule has 608 valence electrons. The van der Waals surface area contributed by atoms with E-state index in [2.05, 4.69) is 54.4 Å². The maximum atomic E-state index is 12.7. The number of carbonyl (C=O) groups is 12. The lowest BCUT2D eigenvalue weighted by Crippen LogP contribution is -2.44. The van der Waals surface area contributed by atoms with E-state index in [1.165, 1.54) is 28.4 Å². The third kappa shape index (κ3) is 37.9. The third-order valence-electron chi connectivity index (χ3n) is 16.6. The molecule has 6 aromatic carbocycles. The summed E-state index contributed by atoms with van der Waals surface area (Å²) in [7, 11) is 18.8. The molecule has 8 amide bonds. The van der Waals surface area contributed by atoms with Crippen LogP contribution in [0.4, 0.5) is 0 Å². The molecular formula is C88H108N8O18. The number of unbranched alkanes of at least 4 members (excludes halogenated alkanes) is 4. The Balaban J connectivity index is 0.000000395. The molecule has 6 aromatic rings. The number of hydrogen-bond acceptors (Lipinski definition) is 18. The molecule has 0 heterocycles. The Hall–Kier alpha value is -12.5. The Bertz CT molecular complexity index is 4310. The van der Waals surface area contributed by atoms with Crippen LogP contribution in [-0.2, 0) is 70.1 Å². The molecule has 0 aromatic heterocycles. The second kappa shape index (κ2) is 54.2. The van der Waals surface area contributed by atoms with Gasteiger partial charge in [-0.15, -0.1) is 0 Å². The van der Waals surface area contributed by atoms with Gasteiger partial charge in [-0.25, -0.2) is 19.2 Å². The number of nitrogens with one attached hydrogen (secondary N) is 4. The molecule has 0 aliphatic carbocycles. The van der Waals surface area contributed by atoms with Gasteiger partial charge < -0.3 is 70.0 Å². The first-order chi connectivity index (χ1) is 54.6. The Morgan fingerprint density at radius 2 is 0.640 bits per heavy atom. The molecule has 0 aliphatic heterocycles. The highest BCUT2D eigenvalue weighted by Gasteiger charge is 2.26. The molecule has 0 saturated heterocycles. The van der Waals surface area contributed by atoms with Crippen molar-refractivity contribution in [3.8, 4) is 23.7 Å². The molecule has 4 atom stereocenters. The van der Waals surface area contributed by atoms with Crippen LogP contribution in [0.3, 0.4) is 0 Å². The van der Waals surface area contributed by atoms with Gasteiger partial charge in [0.1, 0.15) is 12.1 Å². The van der Waals surface area contributed by atoms with Gasteiger partial charge in [-0.3, -0.25) is 38.4 Å². The number of esters is 4. The predicted molar refractivity (Wildman–Crippen MR) is 435 cm³/mol. The Kier molecular flexibility index (Phi) is 45.5. The number of ether oxygens (including phenoxy) is 4. The molecular weight excluding hydrogens is 1460 g/mol. The van der Waals surface area contributed by atoms with Crippen LogP contribution in [-0.4, -0.2) is 223 Å². The topological polar surface area (TPSA) is 343 Å². The van der Waals surface area contributed by atoms with Crippen LogP contribution in [0.5, 0.6) is 0 Å². The summed E-state index contributed by atoms with van der Waals surface area (Å²) in [5.74, 6) is 8.25. The zero-order valence-electron chi connectivity index (χ0n) is 67.2. The van der Waals surface area contributed by atoms with E-state index < -0.39 is 73.1 Å². The SMILES string of the molecule is COC(=O)[C@@H](CO)NC(=O)c1cccc(/C=C\CCCC(=O)N(C)C)c1.COC(=O)[C@@H](CO)NC(=O)c1cccc(C#CCCCC(=O)N(C)C)c1.COC(=O)[C@H](Cc1ccccc1)NC(=O)c1cccc(/C=C\CCCC(=O)N(C)C)c1.COC(=O)[C@H](Cc1ccccc1)NC(=O)c1cccc(C#CCCCC(=O)N(C)C)c1. The summed E-state index contributed by atoms with van der Waals surface area (Å²) in [6.07, 6.45) is 15.9. The van der Waals surface area contributed by atoms with Crippen molar-refractivity contribution in [3.05, 3.63) is 226 Å². The lowest BCUT2D eigenvalue weighted by Gasteiger charge is -2.17. The summed E-state index contributed by atoms with van der Waals surface area (Å²) < 4.78 is 18.7.